The lowest BCUT2D eigenvalue weighted by molar-refractivity contribution is -0.0790. The van der Waals surface area contributed by atoms with Gasteiger partial charge in [0.25, 0.3) is 5.91 Å². The lowest BCUT2D eigenvalue weighted by Crippen LogP contribution is -2.13. The Morgan fingerprint density at radius 1 is 1.15 bits per heavy atom. The van der Waals surface area contributed by atoms with E-state index in [0.29, 0.717) is 22.4 Å². The molecule has 0 radical (unpaired) electrons. The molecule has 3 rings (SSSR count). The number of halogens is 3. The predicted octanol–water partition coefficient (Wildman–Crippen LogP) is 5.74. The third kappa shape index (κ3) is 4.29. The molecule has 1 heterocycles. The first-order valence-corrected chi connectivity index (χ1v) is 8.58. The van der Waals surface area contributed by atoms with Gasteiger partial charge in [0.15, 0.2) is 0 Å². The summed E-state index contributed by atoms with van der Waals surface area (Å²) in [5.74, 6) is -0.319. The molecule has 0 bridgehead atoms. The molecule has 134 valence electrons. The minimum atomic E-state index is -4.36. The number of hydrogen-bond donors (Lipinski definition) is 1. The monoisotopic (exact) mass is 376 g/mol. The maximum absolute atomic E-state index is 12.5. The van der Waals surface area contributed by atoms with E-state index in [-0.39, 0.29) is 12.0 Å². The molecule has 1 aromatic heterocycles. The number of aromatic nitrogens is 1. The van der Waals surface area contributed by atoms with E-state index in [1.54, 1.807) is 36.5 Å². The summed E-state index contributed by atoms with van der Waals surface area (Å²) in [6.07, 6.45) is -3.21. The van der Waals surface area contributed by atoms with Crippen LogP contribution in [0.15, 0.2) is 42.5 Å². The molecular formula is C19H15F3N2OS. The van der Waals surface area contributed by atoms with Gasteiger partial charge in [0, 0.05) is 17.3 Å². The highest BCUT2D eigenvalue weighted by Gasteiger charge is 2.21. The number of fused-ring (bicyclic) bond motifs is 1. The zero-order valence-corrected chi connectivity index (χ0v) is 14.8. The van der Waals surface area contributed by atoms with Gasteiger partial charge in [-0.2, -0.15) is 13.2 Å². The third-order valence-electron chi connectivity index (χ3n) is 3.71. The van der Waals surface area contributed by atoms with Gasteiger partial charge in [-0.3, -0.25) is 4.79 Å². The molecule has 7 heteroatoms. The van der Waals surface area contributed by atoms with Gasteiger partial charge in [-0.25, -0.2) is 4.98 Å². The van der Waals surface area contributed by atoms with Gasteiger partial charge in [0.1, 0.15) is 0 Å². The average molecular weight is 376 g/mol. The molecule has 3 aromatic rings. The summed E-state index contributed by atoms with van der Waals surface area (Å²) in [6.45, 7) is 3.61. The normalized spacial score (nSPS) is 12.0. The van der Waals surface area contributed by atoms with Crippen LogP contribution >= 0.6 is 11.3 Å². The van der Waals surface area contributed by atoms with Crippen LogP contribution in [0, 0.1) is 13.8 Å². The van der Waals surface area contributed by atoms with Crippen LogP contribution in [0.1, 0.15) is 26.5 Å². The van der Waals surface area contributed by atoms with Crippen LogP contribution in [0.4, 0.5) is 18.9 Å². The van der Waals surface area contributed by atoms with Crippen molar-refractivity contribution in [2.24, 2.45) is 0 Å². The van der Waals surface area contributed by atoms with E-state index in [1.165, 1.54) is 12.1 Å². The Kier molecular flexibility index (Phi) is 4.82. The molecule has 0 aliphatic rings. The Hall–Kier alpha value is -2.67. The molecule has 0 saturated carbocycles. The SMILES string of the molecule is Cc1nc2cc(NC(=O)c3ccc(C=CC(F)(F)F)cc3C)ccc2s1. The van der Waals surface area contributed by atoms with Gasteiger partial charge in [0.05, 0.1) is 15.2 Å². The highest BCUT2D eigenvalue weighted by molar-refractivity contribution is 7.18. The maximum Gasteiger partial charge on any atom is 0.409 e. The van der Waals surface area contributed by atoms with Crippen molar-refractivity contribution in [3.8, 4) is 0 Å². The quantitative estimate of drug-likeness (QED) is 0.633. The molecular weight excluding hydrogens is 361 g/mol. The Bertz CT molecular complexity index is 1010. The molecule has 0 saturated heterocycles. The minimum absolute atomic E-state index is 0.173. The Balaban J connectivity index is 1.79. The molecule has 0 spiro atoms. The summed E-state index contributed by atoms with van der Waals surface area (Å²) in [5.41, 5.74) is 2.82. The maximum atomic E-state index is 12.5. The number of nitrogens with one attached hydrogen (secondary N) is 1. The highest BCUT2D eigenvalue weighted by Crippen LogP contribution is 2.25. The van der Waals surface area contributed by atoms with Crippen LogP contribution in [-0.2, 0) is 0 Å². The van der Waals surface area contributed by atoms with Crippen LogP contribution in [0.2, 0.25) is 0 Å². The number of allylic oxidation sites excluding steroid dienone is 1. The van der Waals surface area contributed by atoms with E-state index in [1.807, 2.05) is 13.0 Å². The van der Waals surface area contributed by atoms with Crippen molar-refractivity contribution < 1.29 is 18.0 Å². The fraction of sp³-hybridized carbons (Fsp3) is 0.158. The van der Waals surface area contributed by atoms with Crippen molar-refractivity contribution >= 4 is 39.2 Å². The smallest absolute Gasteiger partial charge is 0.322 e. The second-order valence-electron chi connectivity index (χ2n) is 5.82. The van der Waals surface area contributed by atoms with Crippen LogP contribution in [0.5, 0.6) is 0 Å². The van der Waals surface area contributed by atoms with E-state index in [9.17, 15) is 18.0 Å². The second kappa shape index (κ2) is 6.92. The number of alkyl halides is 3. The van der Waals surface area contributed by atoms with Gasteiger partial charge in [-0.05, 0) is 49.2 Å². The largest absolute Gasteiger partial charge is 0.409 e. The standard InChI is InChI=1S/C19H15F3N2OS/c1-11-9-13(7-8-19(20,21)22)3-5-15(11)18(25)24-14-4-6-17-16(10-14)23-12(2)26-17/h3-10H,1-2H3,(H,24,25). The van der Waals surface area contributed by atoms with Gasteiger partial charge in [0.2, 0.25) is 0 Å². The third-order valence-corrected chi connectivity index (χ3v) is 4.66. The van der Waals surface area contributed by atoms with Gasteiger partial charge in [-0.1, -0.05) is 18.2 Å². The van der Waals surface area contributed by atoms with Gasteiger partial charge >= 0.3 is 6.18 Å². The van der Waals surface area contributed by atoms with E-state index in [2.05, 4.69) is 10.3 Å². The summed E-state index contributed by atoms with van der Waals surface area (Å²) in [6, 6.07) is 10.0. The zero-order chi connectivity index (χ0) is 18.9. The van der Waals surface area contributed by atoms with Crippen molar-refractivity contribution in [1.29, 1.82) is 0 Å². The number of amides is 1. The summed E-state index contributed by atoms with van der Waals surface area (Å²) >= 11 is 1.58. The second-order valence-corrected chi connectivity index (χ2v) is 7.05. The number of anilines is 1. The van der Waals surface area contributed by atoms with E-state index < -0.39 is 6.18 Å². The predicted molar refractivity (Wildman–Crippen MR) is 98.6 cm³/mol. The van der Waals surface area contributed by atoms with Crippen molar-refractivity contribution in [2.45, 2.75) is 20.0 Å². The van der Waals surface area contributed by atoms with Crippen molar-refractivity contribution in [1.82, 2.24) is 4.98 Å². The number of carbonyl (C=O) groups is 1. The van der Waals surface area contributed by atoms with E-state index >= 15 is 0 Å². The molecule has 1 N–H and O–H groups in total. The van der Waals surface area contributed by atoms with Gasteiger partial charge < -0.3 is 5.32 Å². The first-order valence-electron chi connectivity index (χ1n) is 7.76. The Labute approximate surface area is 152 Å². The van der Waals surface area contributed by atoms with Crippen LogP contribution in [0.3, 0.4) is 0 Å². The number of rotatable bonds is 3. The number of carbonyl (C=O) groups excluding carboxylic acids is 1. The molecule has 1 amide bonds. The fourth-order valence-corrected chi connectivity index (χ4v) is 3.36. The van der Waals surface area contributed by atoms with Crippen molar-refractivity contribution in [2.75, 3.05) is 5.32 Å². The lowest BCUT2D eigenvalue weighted by atomic mass is 10.0. The molecule has 2 aromatic carbocycles. The molecule has 0 atom stereocenters. The zero-order valence-electron chi connectivity index (χ0n) is 14.0. The molecule has 26 heavy (non-hydrogen) atoms. The number of aryl methyl sites for hydroxylation is 2. The lowest BCUT2D eigenvalue weighted by Gasteiger charge is -2.09. The number of hydrogen-bond acceptors (Lipinski definition) is 3. The number of nitrogens with zero attached hydrogens (tertiary/aromatic N) is 1. The Morgan fingerprint density at radius 3 is 2.62 bits per heavy atom. The van der Waals surface area contributed by atoms with Gasteiger partial charge in [-0.15, -0.1) is 11.3 Å². The summed E-state index contributed by atoms with van der Waals surface area (Å²) in [5, 5.41) is 3.75. The molecule has 0 fully saturated rings. The topological polar surface area (TPSA) is 42.0 Å². The molecule has 0 unspecified atom stereocenters. The summed E-state index contributed by atoms with van der Waals surface area (Å²) < 4.78 is 37.8. The molecule has 0 aliphatic carbocycles. The Morgan fingerprint density at radius 2 is 1.92 bits per heavy atom. The first kappa shape index (κ1) is 18.1. The molecule has 0 aliphatic heterocycles. The van der Waals surface area contributed by atoms with Crippen LogP contribution in [0.25, 0.3) is 16.3 Å². The minimum Gasteiger partial charge on any atom is -0.322 e. The number of benzene rings is 2. The highest BCUT2D eigenvalue weighted by atomic mass is 32.1. The van der Waals surface area contributed by atoms with Crippen LogP contribution < -0.4 is 5.32 Å². The summed E-state index contributed by atoms with van der Waals surface area (Å²) in [7, 11) is 0. The van der Waals surface area contributed by atoms with E-state index in [0.717, 1.165) is 21.3 Å². The first-order chi connectivity index (χ1) is 12.2. The molecule has 3 nitrogen and oxygen atoms in total. The fourth-order valence-electron chi connectivity index (χ4n) is 2.55. The van der Waals surface area contributed by atoms with E-state index in [4.69, 9.17) is 0 Å². The average Bonchev–Trinajstić information content (AvgIpc) is 2.91. The summed E-state index contributed by atoms with van der Waals surface area (Å²) in [4.78, 5) is 16.9. The van der Waals surface area contributed by atoms with Crippen molar-refractivity contribution in [3.05, 3.63) is 64.2 Å². The van der Waals surface area contributed by atoms with Crippen LogP contribution in [-0.4, -0.2) is 17.1 Å². The number of thiazole rings is 1. The van der Waals surface area contributed by atoms with Crippen molar-refractivity contribution in [3.63, 3.8) is 0 Å².